The van der Waals surface area contributed by atoms with Gasteiger partial charge >= 0.3 is 0 Å². The second-order valence-electron chi connectivity index (χ2n) is 8.52. The number of hydrogen-bond donors (Lipinski definition) is 2. The van der Waals surface area contributed by atoms with Gasteiger partial charge in [0.2, 0.25) is 0 Å². The van der Waals surface area contributed by atoms with Gasteiger partial charge in [0.15, 0.2) is 5.82 Å². The first-order chi connectivity index (χ1) is 15.7. The van der Waals surface area contributed by atoms with Gasteiger partial charge in [-0.05, 0) is 39.7 Å². The Hall–Kier alpha value is -3.38. The molecule has 0 radical (unpaired) electrons. The summed E-state index contributed by atoms with van der Waals surface area (Å²) in [5, 5.41) is 6.86. The second-order valence-corrected chi connectivity index (χ2v) is 10.6. The van der Waals surface area contributed by atoms with Crippen LogP contribution in [-0.4, -0.2) is 47.4 Å². The second kappa shape index (κ2) is 7.89. The highest BCUT2D eigenvalue weighted by molar-refractivity contribution is 7.90. The number of nitrogens with two attached hydrogens (primary N) is 1. The zero-order valence-electron chi connectivity index (χ0n) is 18.5. The van der Waals surface area contributed by atoms with Gasteiger partial charge in [0, 0.05) is 18.3 Å². The quantitative estimate of drug-likeness (QED) is 0.419. The number of pyridine rings is 1. The summed E-state index contributed by atoms with van der Waals surface area (Å²) in [6, 6.07) is 3.61. The minimum atomic E-state index is -3.44. The molecule has 0 bridgehead atoms. The predicted molar refractivity (Wildman–Crippen MR) is 124 cm³/mol. The molecule has 4 aromatic rings. The fraction of sp³-hybridized carbons (Fsp3) is 0.381. The molecule has 1 atom stereocenters. The number of nitrogens with zero attached hydrogens (tertiary/aromatic N) is 7. The maximum atomic E-state index is 12.4. The highest BCUT2D eigenvalue weighted by Crippen LogP contribution is 2.30. The molecular weight excluding hydrogens is 442 g/mol. The number of nitrogens with one attached hydrogen (secondary N) is 1. The van der Waals surface area contributed by atoms with Crippen LogP contribution in [0.4, 0.5) is 11.6 Å². The first-order valence-corrected chi connectivity index (χ1v) is 12.3. The van der Waals surface area contributed by atoms with Crippen LogP contribution in [-0.2, 0) is 10.0 Å². The first kappa shape index (κ1) is 21.5. The average molecular weight is 468 g/mol. The summed E-state index contributed by atoms with van der Waals surface area (Å²) < 4.78 is 27.9. The van der Waals surface area contributed by atoms with E-state index in [0.29, 0.717) is 35.9 Å². The third-order valence-electron chi connectivity index (χ3n) is 5.46. The summed E-state index contributed by atoms with van der Waals surface area (Å²) in [5.41, 5.74) is 8.34. The van der Waals surface area contributed by atoms with Crippen LogP contribution in [0.15, 0.2) is 36.9 Å². The maximum absolute atomic E-state index is 12.4. The van der Waals surface area contributed by atoms with E-state index >= 15 is 0 Å². The lowest BCUT2D eigenvalue weighted by Crippen LogP contribution is -2.17. The molecule has 1 aliphatic rings. The smallest absolute Gasteiger partial charge is 0.256 e. The van der Waals surface area contributed by atoms with Gasteiger partial charge in [0.1, 0.15) is 23.0 Å². The summed E-state index contributed by atoms with van der Waals surface area (Å²) in [5.74, 6) is 2.29. The third kappa shape index (κ3) is 3.95. The van der Waals surface area contributed by atoms with E-state index in [9.17, 15) is 8.42 Å². The van der Waals surface area contributed by atoms with Crippen molar-refractivity contribution in [3.05, 3.63) is 42.7 Å². The van der Waals surface area contributed by atoms with E-state index in [1.54, 1.807) is 18.5 Å². The molecule has 0 spiro atoms. The van der Waals surface area contributed by atoms with Crippen LogP contribution in [0.2, 0.25) is 0 Å². The lowest BCUT2D eigenvalue weighted by Gasteiger charge is -2.15. The van der Waals surface area contributed by atoms with Gasteiger partial charge in [-0.3, -0.25) is 0 Å². The van der Waals surface area contributed by atoms with Gasteiger partial charge < -0.3 is 15.6 Å². The summed E-state index contributed by atoms with van der Waals surface area (Å²) in [7, 11) is -3.44. The summed E-state index contributed by atoms with van der Waals surface area (Å²) in [4.78, 5) is 17.9. The Kier molecular flexibility index (Phi) is 5.13. The van der Waals surface area contributed by atoms with Crippen molar-refractivity contribution in [2.24, 2.45) is 5.73 Å². The van der Waals surface area contributed by atoms with E-state index < -0.39 is 10.0 Å². The molecule has 4 aromatic heterocycles. The Morgan fingerprint density at radius 1 is 1.12 bits per heavy atom. The number of imidazole rings is 1. The summed E-state index contributed by atoms with van der Waals surface area (Å²) in [6.07, 6.45) is 7.56. The van der Waals surface area contributed by atoms with Gasteiger partial charge in [-0.25, -0.2) is 28.4 Å². The molecule has 0 unspecified atom stereocenters. The normalized spacial score (nSPS) is 15.3. The molecule has 4 heterocycles. The van der Waals surface area contributed by atoms with Crippen molar-refractivity contribution in [2.45, 2.75) is 50.9 Å². The Labute approximate surface area is 191 Å². The van der Waals surface area contributed by atoms with Crippen molar-refractivity contribution in [3.8, 4) is 11.4 Å². The monoisotopic (exact) mass is 467 g/mol. The van der Waals surface area contributed by atoms with E-state index in [2.05, 4.69) is 48.8 Å². The molecule has 0 amide bonds. The van der Waals surface area contributed by atoms with Crippen molar-refractivity contribution in [3.63, 3.8) is 0 Å². The summed E-state index contributed by atoms with van der Waals surface area (Å²) in [6.45, 7) is 6.08. The molecule has 0 aromatic carbocycles. The van der Waals surface area contributed by atoms with Crippen molar-refractivity contribution in [1.29, 1.82) is 0 Å². The molecule has 1 aliphatic carbocycles. The van der Waals surface area contributed by atoms with Crippen LogP contribution in [0.5, 0.6) is 0 Å². The van der Waals surface area contributed by atoms with E-state index in [-0.39, 0.29) is 17.3 Å². The third-order valence-corrected chi connectivity index (χ3v) is 7.50. The largest absolute Gasteiger partial charge is 0.325 e. The highest BCUT2D eigenvalue weighted by Gasteiger charge is 2.37. The molecular formula is C21H25N9O2S. The Balaban J connectivity index is 1.44. The van der Waals surface area contributed by atoms with Gasteiger partial charge in [-0.2, -0.15) is 9.19 Å². The Morgan fingerprint density at radius 3 is 2.61 bits per heavy atom. The SMILES string of the molecule is CC(C)n1c([C@H](C)N)nc2cnc(Nc3ccnc(-c4cnn(S(=O)(=O)C5CC5)c4)n3)cc21. The zero-order valence-corrected chi connectivity index (χ0v) is 19.4. The molecule has 33 heavy (non-hydrogen) atoms. The number of fused-ring (bicyclic) bond motifs is 1. The van der Waals surface area contributed by atoms with Crippen molar-refractivity contribution < 1.29 is 8.42 Å². The molecule has 1 fully saturated rings. The van der Waals surface area contributed by atoms with Gasteiger partial charge in [0.25, 0.3) is 10.0 Å². The molecule has 0 saturated heterocycles. The molecule has 0 aliphatic heterocycles. The number of rotatable bonds is 7. The molecule has 1 saturated carbocycles. The molecule has 11 nitrogen and oxygen atoms in total. The van der Waals surface area contributed by atoms with Crippen LogP contribution in [0.3, 0.4) is 0 Å². The van der Waals surface area contributed by atoms with Gasteiger partial charge in [-0.15, -0.1) is 0 Å². The highest BCUT2D eigenvalue weighted by atomic mass is 32.2. The topological polar surface area (TPSA) is 146 Å². The fourth-order valence-electron chi connectivity index (χ4n) is 3.73. The molecule has 172 valence electrons. The van der Waals surface area contributed by atoms with Crippen LogP contribution >= 0.6 is 0 Å². The zero-order chi connectivity index (χ0) is 23.3. The minimum Gasteiger partial charge on any atom is -0.325 e. The lowest BCUT2D eigenvalue weighted by molar-refractivity contribution is 0.558. The van der Waals surface area contributed by atoms with E-state index in [1.165, 1.54) is 12.4 Å². The van der Waals surface area contributed by atoms with E-state index in [0.717, 1.165) is 20.9 Å². The molecule has 5 rings (SSSR count). The number of anilines is 2. The standard InChI is InChI=1S/C21H25N9O2S/c1-12(2)30-17-8-19(24-10-16(17)26-21(30)13(3)22)27-18-6-7-23-20(28-18)14-9-25-29(11-14)33(31,32)15-4-5-15/h6-13,15H,4-5,22H2,1-3H3,(H,23,24,27,28)/t13-/m0/s1. The summed E-state index contributed by atoms with van der Waals surface area (Å²) >= 11 is 0. The molecule has 3 N–H and O–H groups in total. The average Bonchev–Trinajstić information content (AvgIpc) is 3.39. The lowest BCUT2D eigenvalue weighted by atomic mass is 10.3. The minimum absolute atomic E-state index is 0.181. The predicted octanol–water partition coefficient (Wildman–Crippen LogP) is 2.77. The maximum Gasteiger partial charge on any atom is 0.256 e. The molecule has 12 heteroatoms. The Bertz CT molecular complexity index is 1440. The van der Waals surface area contributed by atoms with Gasteiger partial charge in [0.05, 0.1) is 41.0 Å². The fourth-order valence-corrected chi connectivity index (χ4v) is 5.20. The number of hydrogen-bond acceptors (Lipinski definition) is 9. The van der Waals surface area contributed by atoms with E-state index in [1.807, 2.05) is 13.0 Å². The van der Waals surface area contributed by atoms with Crippen LogP contribution in [0.1, 0.15) is 51.5 Å². The van der Waals surface area contributed by atoms with Gasteiger partial charge in [-0.1, -0.05) is 0 Å². The first-order valence-electron chi connectivity index (χ1n) is 10.8. The number of aromatic nitrogens is 7. The van der Waals surface area contributed by atoms with Crippen LogP contribution < -0.4 is 11.1 Å². The van der Waals surface area contributed by atoms with Crippen molar-refractivity contribution in [2.75, 3.05) is 5.32 Å². The van der Waals surface area contributed by atoms with E-state index in [4.69, 9.17) is 5.73 Å². The van der Waals surface area contributed by atoms with Crippen molar-refractivity contribution in [1.82, 2.24) is 33.7 Å². The van der Waals surface area contributed by atoms with Crippen molar-refractivity contribution >= 4 is 32.7 Å². The van der Waals surface area contributed by atoms with Crippen LogP contribution in [0, 0.1) is 0 Å². The van der Waals surface area contributed by atoms with Crippen LogP contribution in [0.25, 0.3) is 22.4 Å². The Morgan fingerprint density at radius 2 is 1.91 bits per heavy atom.